The van der Waals surface area contributed by atoms with Gasteiger partial charge in [0.1, 0.15) is 22.7 Å². The molecule has 1 N–H and O–H groups in total. The summed E-state index contributed by atoms with van der Waals surface area (Å²) < 4.78 is 25.4. The Morgan fingerprint density at radius 2 is 2.11 bits per heavy atom. The van der Waals surface area contributed by atoms with Gasteiger partial charge in [0.05, 0.1) is 6.10 Å². The molecule has 1 aliphatic heterocycles. The van der Waals surface area contributed by atoms with Crippen molar-refractivity contribution < 1.29 is 18.3 Å². The van der Waals surface area contributed by atoms with Gasteiger partial charge in [-0.25, -0.2) is 9.38 Å². The molecule has 144 valence electrons. The van der Waals surface area contributed by atoms with Gasteiger partial charge in [0.15, 0.2) is 0 Å². The van der Waals surface area contributed by atoms with E-state index in [1.54, 1.807) is 36.4 Å². The number of amides is 1. The van der Waals surface area contributed by atoms with Crippen molar-refractivity contribution in [1.82, 2.24) is 5.32 Å². The first kappa shape index (κ1) is 18.7. The summed E-state index contributed by atoms with van der Waals surface area (Å²) in [6.07, 6.45) is 1.89. The Labute approximate surface area is 165 Å². The number of carbonyl (C=O) groups excluding carboxylic acids is 1. The van der Waals surface area contributed by atoms with Crippen molar-refractivity contribution in [1.29, 1.82) is 0 Å². The molecule has 2 heterocycles. The van der Waals surface area contributed by atoms with Crippen LogP contribution in [0.1, 0.15) is 23.2 Å². The molecule has 5 nitrogen and oxygen atoms in total. The number of nitrogens with zero attached hydrogens (tertiary/aromatic N) is 1. The maximum atomic E-state index is 14.1. The van der Waals surface area contributed by atoms with E-state index in [4.69, 9.17) is 20.8 Å². The predicted octanol–water partition coefficient (Wildman–Crippen LogP) is 4.37. The summed E-state index contributed by atoms with van der Waals surface area (Å²) in [6, 6.07) is 12.8. The molecule has 4 rings (SSSR count). The predicted molar refractivity (Wildman–Crippen MR) is 104 cm³/mol. The number of nitrogens with one attached hydrogen (secondary N) is 1. The Bertz CT molecular complexity index is 1090. The van der Waals surface area contributed by atoms with Crippen LogP contribution >= 0.6 is 11.6 Å². The zero-order chi connectivity index (χ0) is 19.5. The van der Waals surface area contributed by atoms with E-state index in [9.17, 15) is 9.18 Å². The van der Waals surface area contributed by atoms with Gasteiger partial charge < -0.3 is 14.5 Å². The maximum Gasteiger partial charge on any atom is 0.256 e. The fourth-order valence-electron chi connectivity index (χ4n) is 3.11. The van der Waals surface area contributed by atoms with Gasteiger partial charge in [-0.05, 0) is 49.2 Å². The molecule has 1 saturated heterocycles. The molecular weight excluding hydrogens is 383 g/mol. The van der Waals surface area contributed by atoms with Crippen molar-refractivity contribution in [2.24, 2.45) is 4.99 Å². The van der Waals surface area contributed by atoms with Gasteiger partial charge in [0.2, 0.25) is 5.55 Å². The Balaban J connectivity index is 1.77. The minimum atomic E-state index is -0.500. The van der Waals surface area contributed by atoms with Gasteiger partial charge >= 0.3 is 0 Å². The van der Waals surface area contributed by atoms with Crippen LogP contribution in [-0.4, -0.2) is 25.2 Å². The summed E-state index contributed by atoms with van der Waals surface area (Å²) in [5, 5.41) is 4.03. The lowest BCUT2D eigenvalue weighted by Crippen LogP contribution is -2.34. The van der Waals surface area contributed by atoms with Gasteiger partial charge in [-0.3, -0.25) is 4.79 Å². The summed E-state index contributed by atoms with van der Waals surface area (Å²) in [6.45, 7) is 1.10. The number of hydrogen-bond acceptors (Lipinski definition) is 4. The third-order valence-electron chi connectivity index (χ3n) is 4.54. The molecule has 0 radical (unpaired) electrons. The van der Waals surface area contributed by atoms with Gasteiger partial charge in [0, 0.05) is 23.6 Å². The van der Waals surface area contributed by atoms with Crippen molar-refractivity contribution in [3.8, 4) is 0 Å². The quantitative estimate of drug-likeness (QED) is 0.707. The van der Waals surface area contributed by atoms with Crippen LogP contribution in [0.15, 0.2) is 57.9 Å². The first-order valence-corrected chi connectivity index (χ1v) is 9.40. The average molecular weight is 401 g/mol. The lowest BCUT2D eigenvalue weighted by Gasteiger charge is -2.11. The van der Waals surface area contributed by atoms with E-state index in [1.165, 1.54) is 12.1 Å². The highest BCUT2D eigenvalue weighted by atomic mass is 35.5. The zero-order valence-electron chi connectivity index (χ0n) is 15.0. The summed E-state index contributed by atoms with van der Waals surface area (Å²) in [4.78, 5) is 17.1. The van der Waals surface area contributed by atoms with Crippen LogP contribution in [0.3, 0.4) is 0 Å². The first-order valence-electron chi connectivity index (χ1n) is 9.02. The number of rotatable bonds is 4. The van der Waals surface area contributed by atoms with Crippen molar-refractivity contribution in [3.63, 3.8) is 0 Å². The SMILES string of the molecule is O=C(NC[C@H]1CCCO1)c1cc2cc(Cl)ccc2oc1=Nc1ccccc1F. The summed E-state index contributed by atoms with van der Waals surface area (Å²) >= 11 is 6.06. The van der Waals surface area contributed by atoms with Crippen LogP contribution in [0.25, 0.3) is 11.0 Å². The summed E-state index contributed by atoms with van der Waals surface area (Å²) in [5.74, 6) is -0.865. The largest absolute Gasteiger partial charge is 0.438 e. The Hall–Kier alpha value is -2.70. The number of ether oxygens (including phenoxy) is 1. The van der Waals surface area contributed by atoms with Crippen LogP contribution in [0.2, 0.25) is 5.02 Å². The highest BCUT2D eigenvalue weighted by Gasteiger charge is 2.19. The molecule has 0 spiro atoms. The standard InChI is InChI=1S/C21H18ClFN2O3/c22-14-7-8-19-13(10-14)11-16(20(26)24-12-15-4-3-9-27-15)21(28-19)25-18-6-2-1-5-17(18)23/h1-2,5-8,10-11,15H,3-4,9,12H2,(H,24,26)/t15-/m1/s1. The van der Waals surface area contributed by atoms with E-state index in [-0.39, 0.29) is 28.8 Å². The molecule has 3 aromatic rings. The molecule has 1 aromatic heterocycles. The topological polar surface area (TPSA) is 63.8 Å². The van der Waals surface area contributed by atoms with E-state index >= 15 is 0 Å². The zero-order valence-corrected chi connectivity index (χ0v) is 15.7. The van der Waals surface area contributed by atoms with E-state index in [2.05, 4.69) is 10.3 Å². The third-order valence-corrected chi connectivity index (χ3v) is 4.78. The molecule has 0 aliphatic carbocycles. The van der Waals surface area contributed by atoms with Crippen molar-refractivity contribution >= 4 is 34.2 Å². The van der Waals surface area contributed by atoms with E-state index in [1.807, 2.05) is 0 Å². The molecule has 1 atom stereocenters. The molecular formula is C21H18ClFN2O3. The first-order chi connectivity index (χ1) is 13.6. The molecule has 0 saturated carbocycles. The molecule has 1 amide bonds. The smallest absolute Gasteiger partial charge is 0.256 e. The van der Waals surface area contributed by atoms with Crippen molar-refractivity contribution in [2.75, 3.05) is 13.2 Å². The lowest BCUT2D eigenvalue weighted by molar-refractivity contribution is 0.0854. The minimum Gasteiger partial charge on any atom is -0.438 e. The number of para-hydroxylation sites is 1. The number of fused-ring (bicyclic) bond motifs is 1. The second kappa shape index (κ2) is 8.12. The fourth-order valence-corrected chi connectivity index (χ4v) is 3.29. The second-order valence-corrected chi connectivity index (χ2v) is 6.99. The molecule has 0 unspecified atom stereocenters. The lowest BCUT2D eigenvalue weighted by atomic mass is 10.1. The maximum absolute atomic E-state index is 14.1. The monoisotopic (exact) mass is 400 g/mol. The highest BCUT2D eigenvalue weighted by molar-refractivity contribution is 6.31. The number of carbonyl (C=O) groups is 1. The van der Waals surface area contributed by atoms with Crippen molar-refractivity contribution in [2.45, 2.75) is 18.9 Å². The van der Waals surface area contributed by atoms with Crippen LogP contribution in [0.4, 0.5) is 10.1 Å². The van der Waals surface area contributed by atoms with E-state index in [0.29, 0.717) is 29.1 Å². The normalized spacial score (nSPS) is 17.2. The van der Waals surface area contributed by atoms with Crippen molar-refractivity contribution in [3.05, 3.63) is 70.5 Å². The molecule has 1 fully saturated rings. The van der Waals surface area contributed by atoms with E-state index in [0.717, 1.165) is 12.8 Å². The molecule has 1 aliphatic rings. The minimum absolute atomic E-state index is 0.00254. The summed E-state index contributed by atoms with van der Waals surface area (Å²) in [7, 11) is 0. The van der Waals surface area contributed by atoms with Gasteiger partial charge in [0.25, 0.3) is 5.91 Å². The number of halogens is 2. The Kier molecular flexibility index (Phi) is 5.41. The summed E-state index contributed by atoms with van der Waals surface area (Å²) in [5.41, 5.74) is 0.823. The molecule has 7 heteroatoms. The van der Waals surface area contributed by atoms with Gasteiger partial charge in [-0.15, -0.1) is 0 Å². The van der Waals surface area contributed by atoms with Crippen LogP contribution < -0.4 is 10.9 Å². The number of benzene rings is 2. The van der Waals surface area contributed by atoms with Gasteiger partial charge in [-0.1, -0.05) is 23.7 Å². The van der Waals surface area contributed by atoms with Crippen LogP contribution in [0, 0.1) is 5.82 Å². The Morgan fingerprint density at radius 3 is 2.89 bits per heavy atom. The fraction of sp³-hybridized carbons (Fsp3) is 0.238. The Morgan fingerprint density at radius 1 is 1.25 bits per heavy atom. The average Bonchev–Trinajstić information content (AvgIpc) is 3.21. The van der Waals surface area contributed by atoms with Crippen LogP contribution in [0.5, 0.6) is 0 Å². The van der Waals surface area contributed by atoms with Crippen LogP contribution in [-0.2, 0) is 4.74 Å². The van der Waals surface area contributed by atoms with E-state index < -0.39 is 5.82 Å². The molecule has 2 aromatic carbocycles. The van der Waals surface area contributed by atoms with Gasteiger partial charge in [-0.2, -0.15) is 0 Å². The number of hydrogen-bond donors (Lipinski definition) is 1. The second-order valence-electron chi connectivity index (χ2n) is 6.56. The molecule has 28 heavy (non-hydrogen) atoms. The third kappa shape index (κ3) is 4.08. The highest BCUT2D eigenvalue weighted by Crippen LogP contribution is 2.21. The molecule has 0 bridgehead atoms.